The average Bonchev–Trinajstić information content (AvgIpc) is 2.89. The molecule has 0 heterocycles. The zero-order valence-corrected chi connectivity index (χ0v) is 22.5. The second kappa shape index (κ2) is 17.1. The Kier molecular flexibility index (Phi) is 14.2. The van der Waals surface area contributed by atoms with E-state index in [4.69, 9.17) is 9.47 Å². The molecule has 6 heteroatoms. The SMILES string of the molecule is CCCCCCCCOc1ccc(-c2ccc(C(=O)O[C@H](CCCCCCCC)C(F)(F)F)cc2)cc1. The van der Waals surface area contributed by atoms with Gasteiger partial charge in [0.25, 0.3) is 0 Å². The Labute approximate surface area is 220 Å². The Bertz CT molecular complexity index is 876. The highest BCUT2D eigenvalue weighted by atomic mass is 19.4. The number of ether oxygens (including phenoxy) is 2. The molecule has 0 bridgehead atoms. The summed E-state index contributed by atoms with van der Waals surface area (Å²) in [7, 11) is 0. The Balaban J connectivity index is 1.84. The van der Waals surface area contributed by atoms with E-state index in [0.717, 1.165) is 49.0 Å². The van der Waals surface area contributed by atoms with Gasteiger partial charge in [-0.1, -0.05) is 102 Å². The molecular weight excluding hydrogens is 477 g/mol. The molecule has 0 saturated carbocycles. The fraction of sp³-hybridized carbons (Fsp3) is 0.581. The fourth-order valence-electron chi connectivity index (χ4n) is 4.21. The van der Waals surface area contributed by atoms with Gasteiger partial charge in [0.15, 0.2) is 6.10 Å². The molecule has 0 aromatic heterocycles. The van der Waals surface area contributed by atoms with Crippen molar-refractivity contribution in [1.29, 1.82) is 0 Å². The highest BCUT2D eigenvalue weighted by Gasteiger charge is 2.42. The van der Waals surface area contributed by atoms with Crippen LogP contribution in [0.3, 0.4) is 0 Å². The zero-order chi connectivity index (χ0) is 26.9. The van der Waals surface area contributed by atoms with Gasteiger partial charge in [0.1, 0.15) is 5.75 Å². The van der Waals surface area contributed by atoms with Crippen molar-refractivity contribution in [1.82, 2.24) is 0 Å². The molecule has 3 nitrogen and oxygen atoms in total. The molecule has 37 heavy (non-hydrogen) atoms. The molecule has 2 aromatic carbocycles. The number of carbonyl (C=O) groups is 1. The smallest absolute Gasteiger partial charge is 0.425 e. The van der Waals surface area contributed by atoms with Crippen LogP contribution in [0.1, 0.15) is 108 Å². The molecule has 206 valence electrons. The number of hydrogen-bond donors (Lipinski definition) is 0. The van der Waals surface area contributed by atoms with E-state index >= 15 is 0 Å². The molecule has 0 aliphatic heterocycles. The van der Waals surface area contributed by atoms with Crippen LogP contribution < -0.4 is 4.74 Å². The van der Waals surface area contributed by atoms with E-state index in [1.54, 1.807) is 12.1 Å². The summed E-state index contributed by atoms with van der Waals surface area (Å²) < 4.78 is 51.0. The Morgan fingerprint density at radius 1 is 0.703 bits per heavy atom. The van der Waals surface area contributed by atoms with Crippen LogP contribution in [0, 0.1) is 0 Å². The zero-order valence-electron chi connectivity index (χ0n) is 22.5. The van der Waals surface area contributed by atoms with Crippen molar-refractivity contribution >= 4 is 5.97 Å². The first kappa shape index (κ1) is 30.7. The lowest BCUT2D eigenvalue weighted by Crippen LogP contribution is -2.33. The van der Waals surface area contributed by atoms with Crippen LogP contribution in [0.4, 0.5) is 13.2 Å². The van der Waals surface area contributed by atoms with Gasteiger partial charge in [-0.2, -0.15) is 13.2 Å². The molecule has 0 spiro atoms. The van der Waals surface area contributed by atoms with Crippen LogP contribution in [0.2, 0.25) is 0 Å². The standard InChI is InChI=1S/C31H43F3O3/c1-3-5-7-9-11-13-15-29(31(32,33)34)37-30(35)27-18-16-25(17-19-27)26-20-22-28(23-21-26)36-24-14-12-10-8-6-4-2/h16-23,29H,3-15,24H2,1-2H3/t29-/m1/s1. The molecule has 0 saturated heterocycles. The van der Waals surface area contributed by atoms with Gasteiger partial charge in [0, 0.05) is 0 Å². The summed E-state index contributed by atoms with van der Waals surface area (Å²) in [4.78, 5) is 12.4. The van der Waals surface area contributed by atoms with Crippen molar-refractivity contribution in [3.8, 4) is 16.9 Å². The maximum absolute atomic E-state index is 13.4. The maximum Gasteiger partial charge on any atom is 0.425 e. The normalized spacial score (nSPS) is 12.4. The van der Waals surface area contributed by atoms with Crippen molar-refractivity contribution in [2.75, 3.05) is 6.61 Å². The van der Waals surface area contributed by atoms with Gasteiger partial charge in [0.2, 0.25) is 0 Å². The Morgan fingerprint density at radius 2 is 1.19 bits per heavy atom. The minimum absolute atomic E-state index is 0.111. The minimum atomic E-state index is -4.57. The van der Waals surface area contributed by atoms with Gasteiger partial charge in [-0.3, -0.25) is 0 Å². The lowest BCUT2D eigenvalue weighted by molar-refractivity contribution is -0.206. The number of unbranched alkanes of at least 4 members (excludes halogenated alkanes) is 10. The second-order valence-corrected chi connectivity index (χ2v) is 9.71. The van der Waals surface area contributed by atoms with Gasteiger partial charge >= 0.3 is 12.1 Å². The van der Waals surface area contributed by atoms with E-state index in [2.05, 4.69) is 13.8 Å². The van der Waals surface area contributed by atoms with Crippen LogP contribution in [-0.4, -0.2) is 24.9 Å². The van der Waals surface area contributed by atoms with E-state index in [0.29, 0.717) is 19.4 Å². The van der Waals surface area contributed by atoms with Gasteiger partial charge < -0.3 is 9.47 Å². The lowest BCUT2D eigenvalue weighted by Gasteiger charge is -2.20. The van der Waals surface area contributed by atoms with Crippen molar-refractivity contribution in [3.05, 3.63) is 54.1 Å². The van der Waals surface area contributed by atoms with Gasteiger partial charge in [-0.15, -0.1) is 0 Å². The van der Waals surface area contributed by atoms with E-state index < -0.39 is 18.2 Å². The van der Waals surface area contributed by atoms with Crippen LogP contribution >= 0.6 is 0 Å². The second-order valence-electron chi connectivity index (χ2n) is 9.71. The highest BCUT2D eigenvalue weighted by Crippen LogP contribution is 2.29. The topological polar surface area (TPSA) is 35.5 Å². The summed E-state index contributed by atoms with van der Waals surface area (Å²) in [5, 5.41) is 0. The predicted octanol–water partition coefficient (Wildman–Crippen LogP) is 9.93. The summed E-state index contributed by atoms with van der Waals surface area (Å²) in [5.41, 5.74) is 1.90. The maximum atomic E-state index is 13.4. The first-order valence-electron chi connectivity index (χ1n) is 14.0. The number of hydrogen-bond acceptors (Lipinski definition) is 3. The van der Waals surface area contributed by atoms with Crippen molar-refractivity contribution in [3.63, 3.8) is 0 Å². The van der Waals surface area contributed by atoms with Gasteiger partial charge in [0.05, 0.1) is 12.2 Å². The van der Waals surface area contributed by atoms with Crippen LogP contribution in [0.15, 0.2) is 48.5 Å². The summed E-state index contributed by atoms with van der Waals surface area (Å²) in [6.45, 7) is 5.00. The molecule has 0 unspecified atom stereocenters. The Morgan fingerprint density at radius 3 is 1.73 bits per heavy atom. The minimum Gasteiger partial charge on any atom is -0.494 e. The first-order chi connectivity index (χ1) is 17.8. The van der Waals surface area contributed by atoms with Crippen LogP contribution in [-0.2, 0) is 4.74 Å². The van der Waals surface area contributed by atoms with Crippen molar-refractivity contribution in [2.24, 2.45) is 0 Å². The van der Waals surface area contributed by atoms with Crippen molar-refractivity contribution < 1.29 is 27.4 Å². The van der Waals surface area contributed by atoms with Crippen LogP contribution in [0.5, 0.6) is 5.75 Å². The molecule has 1 atom stereocenters. The highest BCUT2D eigenvalue weighted by molar-refractivity contribution is 5.90. The first-order valence-corrected chi connectivity index (χ1v) is 14.0. The number of esters is 1. The largest absolute Gasteiger partial charge is 0.494 e. The fourth-order valence-corrected chi connectivity index (χ4v) is 4.21. The third kappa shape index (κ3) is 12.1. The summed E-state index contributed by atoms with van der Waals surface area (Å²) in [6.07, 6.45) is 5.62. The van der Waals surface area contributed by atoms with Crippen molar-refractivity contribution in [2.45, 2.75) is 110 Å². The number of rotatable bonds is 18. The predicted molar refractivity (Wildman–Crippen MR) is 144 cm³/mol. The molecule has 0 amide bonds. The molecule has 0 fully saturated rings. The summed E-state index contributed by atoms with van der Waals surface area (Å²) >= 11 is 0. The molecular formula is C31H43F3O3. The molecule has 0 radical (unpaired) electrons. The molecule has 0 aliphatic carbocycles. The summed E-state index contributed by atoms with van der Waals surface area (Å²) in [6, 6.07) is 14.2. The molecule has 0 aliphatic rings. The number of alkyl halides is 3. The van der Waals surface area contributed by atoms with E-state index in [-0.39, 0.29) is 12.0 Å². The third-order valence-electron chi connectivity index (χ3n) is 6.51. The summed E-state index contributed by atoms with van der Waals surface area (Å²) in [5.74, 6) is -0.139. The van der Waals surface area contributed by atoms with Gasteiger partial charge in [-0.05, 0) is 54.7 Å². The lowest BCUT2D eigenvalue weighted by atomic mass is 10.0. The molecule has 0 N–H and O–H groups in total. The number of benzene rings is 2. The number of carbonyl (C=O) groups excluding carboxylic acids is 1. The quantitative estimate of drug-likeness (QED) is 0.145. The molecule has 2 rings (SSSR count). The third-order valence-corrected chi connectivity index (χ3v) is 6.51. The average molecular weight is 521 g/mol. The van der Waals surface area contributed by atoms with E-state index in [1.165, 1.54) is 44.2 Å². The van der Waals surface area contributed by atoms with E-state index in [9.17, 15) is 18.0 Å². The van der Waals surface area contributed by atoms with Gasteiger partial charge in [-0.25, -0.2) is 4.79 Å². The Hall–Kier alpha value is -2.50. The number of halogens is 3. The monoisotopic (exact) mass is 520 g/mol. The van der Waals surface area contributed by atoms with E-state index in [1.807, 2.05) is 24.3 Å². The molecule has 2 aromatic rings. The van der Waals surface area contributed by atoms with Crippen LogP contribution in [0.25, 0.3) is 11.1 Å².